The van der Waals surface area contributed by atoms with E-state index in [2.05, 4.69) is 20.7 Å². The Hall–Kier alpha value is -4.02. The fraction of sp³-hybridized carbons (Fsp3) is 0.364. The predicted molar refractivity (Wildman–Crippen MR) is 121 cm³/mol. The number of aromatic nitrogens is 4. The van der Waals surface area contributed by atoms with Crippen LogP contribution in [0.4, 0.5) is 10.5 Å². The van der Waals surface area contributed by atoms with E-state index in [1.165, 1.54) is 26.0 Å². The van der Waals surface area contributed by atoms with Crippen LogP contribution in [0.15, 0.2) is 41.5 Å². The smallest absolute Gasteiger partial charge is 0.346 e. The molecule has 1 aliphatic carbocycles. The van der Waals surface area contributed by atoms with E-state index in [1.807, 2.05) is 12.1 Å². The zero-order chi connectivity index (χ0) is 23.4. The lowest BCUT2D eigenvalue weighted by molar-refractivity contribution is 0.251. The first kappa shape index (κ1) is 22.2. The Morgan fingerprint density at radius 2 is 1.88 bits per heavy atom. The van der Waals surface area contributed by atoms with E-state index in [-0.39, 0.29) is 24.8 Å². The Morgan fingerprint density at radius 1 is 1.15 bits per heavy atom. The van der Waals surface area contributed by atoms with Crippen molar-refractivity contribution in [2.45, 2.75) is 25.4 Å². The molecule has 1 aliphatic rings. The van der Waals surface area contributed by atoms with Crippen LogP contribution in [0, 0.1) is 0 Å². The van der Waals surface area contributed by atoms with E-state index in [0.29, 0.717) is 28.8 Å². The minimum Gasteiger partial charge on any atom is -0.493 e. The third-order valence-electron chi connectivity index (χ3n) is 5.23. The van der Waals surface area contributed by atoms with Crippen molar-refractivity contribution in [2.75, 3.05) is 33.2 Å². The molecule has 1 aromatic carbocycles. The average Bonchev–Trinajstić information content (AvgIpc) is 3.62. The number of benzene rings is 1. The van der Waals surface area contributed by atoms with Crippen molar-refractivity contribution in [1.29, 1.82) is 0 Å². The van der Waals surface area contributed by atoms with Gasteiger partial charge in [0.15, 0.2) is 17.3 Å². The van der Waals surface area contributed by atoms with Crippen molar-refractivity contribution in [3.8, 4) is 28.6 Å². The summed E-state index contributed by atoms with van der Waals surface area (Å²) in [5, 5.41) is 9.96. The van der Waals surface area contributed by atoms with Gasteiger partial charge in [0.25, 0.3) is 0 Å². The van der Waals surface area contributed by atoms with Gasteiger partial charge in [-0.2, -0.15) is 0 Å². The SMILES string of the molecule is COc1cc(NC(=O)NCCn2nc(-c3cccnc3)n(C3CC3)c2=O)cc(OC)c1OC. The number of rotatable bonds is 9. The van der Waals surface area contributed by atoms with Gasteiger partial charge in [0, 0.05) is 42.7 Å². The first-order valence-electron chi connectivity index (χ1n) is 10.5. The van der Waals surface area contributed by atoms with Gasteiger partial charge < -0.3 is 24.8 Å². The van der Waals surface area contributed by atoms with Crippen molar-refractivity contribution < 1.29 is 19.0 Å². The summed E-state index contributed by atoms with van der Waals surface area (Å²) in [6.45, 7) is 0.443. The summed E-state index contributed by atoms with van der Waals surface area (Å²) >= 11 is 0. The first-order valence-corrected chi connectivity index (χ1v) is 10.5. The topological polar surface area (TPSA) is 122 Å². The van der Waals surface area contributed by atoms with Crippen LogP contribution in [-0.2, 0) is 6.54 Å². The number of methoxy groups -OCH3 is 3. The highest BCUT2D eigenvalue weighted by molar-refractivity contribution is 5.90. The normalized spacial score (nSPS) is 12.8. The number of anilines is 1. The van der Waals surface area contributed by atoms with Crippen molar-refractivity contribution in [3.63, 3.8) is 0 Å². The fourth-order valence-electron chi connectivity index (χ4n) is 3.52. The molecule has 0 spiro atoms. The summed E-state index contributed by atoms with van der Waals surface area (Å²) in [5.41, 5.74) is 1.06. The molecular weight excluding hydrogens is 428 g/mol. The van der Waals surface area contributed by atoms with E-state index in [0.717, 1.165) is 18.4 Å². The molecule has 2 amide bonds. The number of amides is 2. The number of nitrogens with one attached hydrogen (secondary N) is 2. The van der Waals surface area contributed by atoms with Gasteiger partial charge in [-0.3, -0.25) is 9.55 Å². The van der Waals surface area contributed by atoms with Gasteiger partial charge >= 0.3 is 11.7 Å². The van der Waals surface area contributed by atoms with Gasteiger partial charge in [-0.05, 0) is 25.0 Å². The number of hydrogen-bond acceptors (Lipinski definition) is 7. The molecule has 1 fully saturated rings. The van der Waals surface area contributed by atoms with E-state index in [1.54, 1.807) is 29.1 Å². The molecule has 11 nitrogen and oxygen atoms in total. The van der Waals surface area contributed by atoms with Gasteiger partial charge in [0.2, 0.25) is 5.75 Å². The summed E-state index contributed by atoms with van der Waals surface area (Å²) in [5.74, 6) is 1.87. The Balaban J connectivity index is 1.42. The van der Waals surface area contributed by atoms with E-state index < -0.39 is 6.03 Å². The number of hydrogen-bond donors (Lipinski definition) is 2. The zero-order valence-electron chi connectivity index (χ0n) is 18.7. The number of urea groups is 1. The summed E-state index contributed by atoms with van der Waals surface area (Å²) in [6, 6.07) is 6.67. The lowest BCUT2D eigenvalue weighted by Gasteiger charge is -2.14. The van der Waals surface area contributed by atoms with Crippen LogP contribution >= 0.6 is 0 Å². The van der Waals surface area contributed by atoms with Gasteiger partial charge in [0.1, 0.15) is 0 Å². The summed E-state index contributed by atoms with van der Waals surface area (Å²) in [6.07, 6.45) is 5.27. The van der Waals surface area contributed by atoms with Gasteiger partial charge in [-0.1, -0.05) is 0 Å². The highest BCUT2D eigenvalue weighted by atomic mass is 16.5. The number of pyridine rings is 1. The summed E-state index contributed by atoms with van der Waals surface area (Å²) < 4.78 is 19.0. The number of carbonyl (C=O) groups excluding carboxylic acids is 1. The van der Waals surface area contributed by atoms with Crippen molar-refractivity contribution >= 4 is 11.7 Å². The highest BCUT2D eigenvalue weighted by Gasteiger charge is 2.30. The Morgan fingerprint density at radius 3 is 2.45 bits per heavy atom. The Labute approximate surface area is 190 Å². The van der Waals surface area contributed by atoms with Crippen LogP contribution in [0.2, 0.25) is 0 Å². The zero-order valence-corrected chi connectivity index (χ0v) is 18.7. The average molecular weight is 454 g/mol. The molecule has 174 valence electrons. The third-order valence-corrected chi connectivity index (χ3v) is 5.23. The van der Waals surface area contributed by atoms with Crippen LogP contribution in [-0.4, -0.2) is 53.2 Å². The van der Waals surface area contributed by atoms with Gasteiger partial charge in [-0.15, -0.1) is 5.10 Å². The van der Waals surface area contributed by atoms with Gasteiger partial charge in [-0.25, -0.2) is 14.3 Å². The second kappa shape index (κ2) is 9.63. The monoisotopic (exact) mass is 454 g/mol. The summed E-state index contributed by atoms with van der Waals surface area (Å²) in [4.78, 5) is 29.4. The molecule has 0 unspecified atom stereocenters. The Kier molecular flexibility index (Phi) is 6.48. The third kappa shape index (κ3) is 4.76. The molecule has 2 aromatic heterocycles. The molecule has 0 aliphatic heterocycles. The maximum Gasteiger partial charge on any atom is 0.346 e. The van der Waals surface area contributed by atoms with Gasteiger partial charge in [0.05, 0.1) is 33.6 Å². The van der Waals surface area contributed by atoms with E-state index in [9.17, 15) is 9.59 Å². The molecule has 2 heterocycles. The second-order valence-electron chi connectivity index (χ2n) is 7.47. The number of carbonyl (C=O) groups is 1. The van der Waals surface area contributed by atoms with Crippen LogP contribution in [0.5, 0.6) is 17.2 Å². The van der Waals surface area contributed by atoms with Crippen molar-refractivity contribution in [1.82, 2.24) is 24.6 Å². The lowest BCUT2D eigenvalue weighted by atomic mass is 10.2. The Bertz CT molecular complexity index is 1160. The standard InChI is InChI=1S/C22H26N6O5/c1-31-17-11-15(12-18(32-2)19(17)33-3)25-21(29)24-9-10-27-22(30)28(16-6-7-16)20(26-27)14-5-4-8-23-13-14/h4-5,8,11-13,16H,6-7,9-10H2,1-3H3,(H2,24,25,29). The molecule has 33 heavy (non-hydrogen) atoms. The van der Waals surface area contributed by atoms with Crippen molar-refractivity contribution in [3.05, 3.63) is 47.1 Å². The minimum atomic E-state index is -0.438. The number of nitrogens with zero attached hydrogens (tertiary/aromatic N) is 4. The molecule has 11 heteroatoms. The molecule has 4 rings (SSSR count). The second-order valence-corrected chi connectivity index (χ2v) is 7.47. The van der Waals surface area contributed by atoms with E-state index in [4.69, 9.17) is 14.2 Å². The van der Waals surface area contributed by atoms with Crippen LogP contribution in [0.25, 0.3) is 11.4 Å². The van der Waals surface area contributed by atoms with Crippen LogP contribution in [0.1, 0.15) is 18.9 Å². The molecule has 1 saturated carbocycles. The van der Waals surface area contributed by atoms with Crippen LogP contribution in [0.3, 0.4) is 0 Å². The number of ether oxygens (including phenoxy) is 3. The summed E-state index contributed by atoms with van der Waals surface area (Å²) in [7, 11) is 4.51. The molecule has 0 radical (unpaired) electrons. The minimum absolute atomic E-state index is 0.165. The molecule has 0 atom stereocenters. The molecule has 0 saturated heterocycles. The van der Waals surface area contributed by atoms with Crippen LogP contribution < -0.4 is 30.5 Å². The molecule has 2 N–H and O–H groups in total. The predicted octanol–water partition coefficient (Wildman–Crippen LogP) is 2.29. The quantitative estimate of drug-likeness (QED) is 0.509. The lowest BCUT2D eigenvalue weighted by Crippen LogP contribution is -2.34. The maximum atomic E-state index is 12.9. The van der Waals surface area contributed by atoms with E-state index >= 15 is 0 Å². The fourth-order valence-corrected chi connectivity index (χ4v) is 3.52. The highest BCUT2D eigenvalue weighted by Crippen LogP contribution is 2.40. The largest absolute Gasteiger partial charge is 0.493 e. The maximum absolute atomic E-state index is 12.9. The van der Waals surface area contributed by atoms with Crippen molar-refractivity contribution in [2.24, 2.45) is 0 Å². The molecule has 3 aromatic rings. The molecular formula is C22H26N6O5. The first-order chi connectivity index (χ1) is 16.0. The molecule has 0 bridgehead atoms.